The van der Waals surface area contributed by atoms with Crippen LogP contribution in [0.1, 0.15) is 15.9 Å². The van der Waals surface area contributed by atoms with Gasteiger partial charge in [-0.15, -0.1) is 0 Å². The van der Waals surface area contributed by atoms with Crippen LogP contribution in [0.5, 0.6) is 17.2 Å². The summed E-state index contributed by atoms with van der Waals surface area (Å²) in [5.41, 5.74) is 2.96. The third-order valence-corrected chi connectivity index (χ3v) is 6.72. The molecule has 0 atom stereocenters. The van der Waals surface area contributed by atoms with Crippen LogP contribution in [-0.2, 0) is 4.79 Å². The van der Waals surface area contributed by atoms with Crippen molar-refractivity contribution in [1.82, 2.24) is 4.90 Å². The third kappa shape index (κ3) is 6.62. The first kappa shape index (κ1) is 27.4. The second kappa shape index (κ2) is 12.3. The predicted molar refractivity (Wildman–Crippen MR) is 149 cm³/mol. The number of piperazine rings is 1. The Hall–Kier alpha value is -3.62. The first-order valence-corrected chi connectivity index (χ1v) is 12.8. The molecule has 8 nitrogen and oxygen atoms in total. The summed E-state index contributed by atoms with van der Waals surface area (Å²) in [7, 11) is 3.12. The van der Waals surface area contributed by atoms with Gasteiger partial charge in [0, 0.05) is 54.2 Å². The highest BCUT2D eigenvalue weighted by atomic mass is 35.5. The van der Waals surface area contributed by atoms with Crippen LogP contribution in [0.4, 0.5) is 11.4 Å². The van der Waals surface area contributed by atoms with Crippen molar-refractivity contribution in [2.75, 3.05) is 57.2 Å². The van der Waals surface area contributed by atoms with Crippen molar-refractivity contribution in [2.45, 2.75) is 6.92 Å². The molecule has 10 heteroatoms. The minimum absolute atomic E-state index is 0.0581. The monoisotopic (exact) mass is 557 g/mol. The van der Waals surface area contributed by atoms with Gasteiger partial charge in [-0.3, -0.25) is 9.59 Å². The Balaban J connectivity index is 1.29. The third-order valence-electron chi connectivity index (χ3n) is 6.22. The summed E-state index contributed by atoms with van der Waals surface area (Å²) in [6.45, 7) is 4.18. The van der Waals surface area contributed by atoms with E-state index in [1.807, 2.05) is 36.1 Å². The molecule has 0 spiro atoms. The Morgan fingerprint density at radius 3 is 2.11 bits per heavy atom. The maximum atomic E-state index is 13.1. The molecule has 0 aromatic heterocycles. The number of carbonyl (C=O) groups is 2. The SMILES string of the molecule is COc1cc(OC)cc(C(=O)N2CCN(c3ccc(NC(=O)COc4c(C)cc(Cl)cc4Cl)cc3)CC2)c1. The topological polar surface area (TPSA) is 80.3 Å². The summed E-state index contributed by atoms with van der Waals surface area (Å²) < 4.78 is 16.2. The number of hydrogen-bond donors (Lipinski definition) is 1. The van der Waals surface area contributed by atoms with Crippen LogP contribution >= 0.6 is 23.2 Å². The number of anilines is 2. The van der Waals surface area contributed by atoms with Crippen molar-refractivity contribution in [2.24, 2.45) is 0 Å². The minimum atomic E-state index is -0.301. The number of halogens is 2. The number of rotatable bonds is 8. The second-order valence-electron chi connectivity index (χ2n) is 8.80. The van der Waals surface area contributed by atoms with Gasteiger partial charge in [0.05, 0.1) is 19.2 Å². The number of nitrogens with zero attached hydrogens (tertiary/aromatic N) is 2. The maximum Gasteiger partial charge on any atom is 0.262 e. The van der Waals surface area contributed by atoms with Crippen molar-refractivity contribution < 1.29 is 23.8 Å². The lowest BCUT2D eigenvalue weighted by Crippen LogP contribution is -2.48. The van der Waals surface area contributed by atoms with E-state index < -0.39 is 0 Å². The van der Waals surface area contributed by atoms with Crippen LogP contribution in [0.2, 0.25) is 10.0 Å². The molecule has 200 valence electrons. The highest BCUT2D eigenvalue weighted by Gasteiger charge is 2.23. The molecule has 1 aliphatic heterocycles. The number of methoxy groups -OCH3 is 2. The van der Waals surface area contributed by atoms with Crippen molar-refractivity contribution in [1.29, 1.82) is 0 Å². The van der Waals surface area contributed by atoms with Gasteiger partial charge >= 0.3 is 0 Å². The number of ether oxygens (including phenoxy) is 3. The highest BCUT2D eigenvalue weighted by molar-refractivity contribution is 6.35. The Bertz CT molecular complexity index is 1260. The molecular weight excluding hydrogens is 529 g/mol. The van der Waals surface area contributed by atoms with Gasteiger partial charge in [0.25, 0.3) is 11.8 Å². The van der Waals surface area contributed by atoms with Gasteiger partial charge in [-0.1, -0.05) is 23.2 Å². The number of benzene rings is 3. The van der Waals surface area contributed by atoms with E-state index in [2.05, 4.69) is 10.2 Å². The zero-order valence-corrected chi connectivity index (χ0v) is 22.9. The molecule has 0 aliphatic carbocycles. The van der Waals surface area contributed by atoms with Crippen molar-refractivity contribution >= 4 is 46.4 Å². The van der Waals surface area contributed by atoms with E-state index in [0.29, 0.717) is 64.7 Å². The van der Waals surface area contributed by atoms with E-state index in [1.54, 1.807) is 44.6 Å². The molecule has 1 N–H and O–H groups in total. The lowest BCUT2D eigenvalue weighted by molar-refractivity contribution is -0.118. The quantitative estimate of drug-likeness (QED) is 0.405. The van der Waals surface area contributed by atoms with Gasteiger partial charge in [-0.25, -0.2) is 0 Å². The van der Waals surface area contributed by atoms with Crippen molar-refractivity contribution in [3.63, 3.8) is 0 Å². The molecule has 3 aromatic carbocycles. The Kier molecular flexibility index (Phi) is 8.86. The van der Waals surface area contributed by atoms with E-state index >= 15 is 0 Å². The van der Waals surface area contributed by atoms with Gasteiger partial charge < -0.3 is 29.3 Å². The van der Waals surface area contributed by atoms with E-state index in [-0.39, 0.29) is 18.4 Å². The van der Waals surface area contributed by atoms with E-state index in [0.717, 1.165) is 11.3 Å². The molecule has 0 unspecified atom stereocenters. The number of hydrogen-bond acceptors (Lipinski definition) is 6. The predicted octanol–water partition coefficient (Wildman–Crippen LogP) is 5.30. The van der Waals surface area contributed by atoms with Gasteiger partial charge in [0.2, 0.25) is 0 Å². The largest absolute Gasteiger partial charge is 0.497 e. The molecular formula is C28H29Cl2N3O5. The van der Waals surface area contributed by atoms with Gasteiger partial charge in [-0.2, -0.15) is 0 Å². The van der Waals surface area contributed by atoms with Gasteiger partial charge in [-0.05, 0) is 61.0 Å². The Morgan fingerprint density at radius 2 is 1.53 bits per heavy atom. The number of nitrogens with one attached hydrogen (secondary N) is 1. The van der Waals surface area contributed by atoms with Crippen LogP contribution in [-0.4, -0.2) is 63.7 Å². The normalized spacial score (nSPS) is 13.2. The fourth-order valence-electron chi connectivity index (χ4n) is 4.24. The number of amides is 2. The molecule has 0 radical (unpaired) electrons. The molecule has 3 aromatic rings. The Morgan fingerprint density at radius 1 is 0.895 bits per heavy atom. The first-order chi connectivity index (χ1) is 18.3. The van der Waals surface area contributed by atoms with Crippen molar-refractivity contribution in [3.8, 4) is 17.2 Å². The van der Waals surface area contributed by atoms with E-state index in [1.165, 1.54) is 0 Å². The zero-order valence-electron chi connectivity index (χ0n) is 21.4. The molecule has 38 heavy (non-hydrogen) atoms. The van der Waals surface area contributed by atoms with Crippen LogP contribution < -0.4 is 24.4 Å². The summed E-state index contributed by atoms with van der Waals surface area (Å²) in [5, 5.41) is 3.69. The van der Waals surface area contributed by atoms with Gasteiger partial charge in [0.1, 0.15) is 17.2 Å². The summed E-state index contributed by atoms with van der Waals surface area (Å²) in [6.07, 6.45) is 0. The summed E-state index contributed by atoms with van der Waals surface area (Å²) in [4.78, 5) is 29.5. The molecule has 1 fully saturated rings. The lowest BCUT2D eigenvalue weighted by atomic mass is 10.1. The summed E-state index contributed by atoms with van der Waals surface area (Å²) in [5.74, 6) is 1.23. The van der Waals surface area contributed by atoms with Crippen LogP contribution in [0.15, 0.2) is 54.6 Å². The van der Waals surface area contributed by atoms with Crippen molar-refractivity contribution in [3.05, 3.63) is 75.8 Å². The minimum Gasteiger partial charge on any atom is -0.497 e. The van der Waals surface area contributed by atoms with Crippen LogP contribution in [0, 0.1) is 6.92 Å². The molecule has 2 amide bonds. The second-order valence-corrected chi connectivity index (χ2v) is 9.64. The molecule has 1 heterocycles. The lowest BCUT2D eigenvalue weighted by Gasteiger charge is -2.36. The van der Waals surface area contributed by atoms with E-state index in [9.17, 15) is 9.59 Å². The Labute approximate surface area is 232 Å². The standard InChI is InChI=1S/C28H29Cl2N3O5/c1-18-12-20(29)15-25(30)27(18)38-17-26(34)31-21-4-6-22(7-5-21)32-8-10-33(11-9-32)28(35)19-13-23(36-2)16-24(14-19)37-3/h4-7,12-16H,8-11,17H2,1-3H3,(H,31,34). The van der Waals surface area contributed by atoms with E-state index in [4.69, 9.17) is 37.4 Å². The fraction of sp³-hybridized carbons (Fsp3) is 0.286. The molecule has 1 saturated heterocycles. The number of aryl methyl sites for hydroxylation is 1. The fourth-order valence-corrected chi connectivity index (χ4v) is 4.89. The molecule has 0 bridgehead atoms. The van der Waals surface area contributed by atoms with Crippen LogP contribution in [0.25, 0.3) is 0 Å². The first-order valence-electron chi connectivity index (χ1n) is 12.0. The number of carbonyl (C=O) groups excluding carboxylic acids is 2. The van der Waals surface area contributed by atoms with Gasteiger partial charge in [0.15, 0.2) is 6.61 Å². The molecule has 4 rings (SSSR count). The molecule has 1 aliphatic rings. The molecule has 0 saturated carbocycles. The smallest absolute Gasteiger partial charge is 0.262 e. The average Bonchev–Trinajstić information content (AvgIpc) is 2.92. The maximum absolute atomic E-state index is 13.1. The van der Waals surface area contributed by atoms with Crippen LogP contribution in [0.3, 0.4) is 0 Å². The summed E-state index contributed by atoms with van der Waals surface area (Å²) in [6, 6.07) is 16.1. The summed E-state index contributed by atoms with van der Waals surface area (Å²) >= 11 is 12.2. The highest BCUT2D eigenvalue weighted by Crippen LogP contribution is 2.32. The average molecular weight is 558 g/mol. The zero-order chi connectivity index (χ0) is 27.2.